The second-order valence-corrected chi connectivity index (χ2v) is 4.47. The molecule has 0 aromatic heterocycles. The monoisotopic (exact) mass is 230 g/mol. The molecule has 2 atom stereocenters. The van der Waals surface area contributed by atoms with Gasteiger partial charge in [0.15, 0.2) is 0 Å². The van der Waals surface area contributed by atoms with Gasteiger partial charge in [0.05, 0.1) is 0 Å². The van der Waals surface area contributed by atoms with E-state index >= 15 is 0 Å². The molecule has 0 saturated heterocycles. The summed E-state index contributed by atoms with van der Waals surface area (Å²) in [7, 11) is 0. The molecule has 4 heteroatoms. The van der Waals surface area contributed by atoms with Gasteiger partial charge in [-0.05, 0) is 30.5 Å². The van der Waals surface area contributed by atoms with Crippen LogP contribution in [-0.4, -0.2) is 6.04 Å². The van der Waals surface area contributed by atoms with Crippen LogP contribution in [0.2, 0.25) is 10.0 Å². The summed E-state index contributed by atoms with van der Waals surface area (Å²) in [4.78, 5) is 0. The van der Waals surface area contributed by atoms with Crippen LogP contribution in [-0.2, 0) is 0 Å². The molecule has 1 aliphatic carbocycles. The number of nitrogens with two attached hydrogens (primary N) is 1. The zero-order chi connectivity index (χ0) is 10.1. The lowest BCUT2D eigenvalue weighted by molar-refractivity contribution is 0.288. The first-order valence-corrected chi connectivity index (χ1v) is 5.39. The Hall–Kier alpha value is -0.280. The van der Waals surface area contributed by atoms with Crippen molar-refractivity contribution in [1.82, 2.24) is 5.43 Å². The number of halogens is 2. The summed E-state index contributed by atoms with van der Waals surface area (Å²) in [5.74, 6) is 5.86. The van der Waals surface area contributed by atoms with E-state index in [2.05, 4.69) is 5.43 Å². The number of benzene rings is 1. The van der Waals surface area contributed by atoms with E-state index in [1.165, 1.54) is 0 Å². The standard InChI is InChI=1S/C10H12Cl2N2/c11-6-1-2-7(9(12)5-6)8-3-4-10(8)14-13/h1-2,5,8,10,14H,3-4,13H2. The Labute approximate surface area is 93.4 Å². The topological polar surface area (TPSA) is 38.0 Å². The maximum absolute atomic E-state index is 6.11. The van der Waals surface area contributed by atoms with Crippen LogP contribution in [0.3, 0.4) is 0 Å². The molecule has 1 fully saturated rings. The molecule has 2 rings (SSSR count). The number of hydrogen-bond acceptors (Lipinski definition) is 2. The SMILES string of the molecule is NNC1CCC1c1ccc(Cl)cc1Cl. The van der Waals surface area contributed by atoms with Gasteiger partial charge in [-0.15, -0.1) is 0 Å². The van der Waals surface area contributed by atoms with E-state index in [4.69, 9.17) is 29.0 Å². The molecule has 76 valence electrons. The molecule has 0 spiro atoms. The van der Waals surface area contributed by atoms with Crippen molar-refractivity contribution in [3.8, 4) is 0 Å². The van der Waals surface area contributed by atoms with Gasteiger partial charge in [-0.25, -0.2) is 0 Å². The van der Waals surface area contributed by atoms with Crippen LogP contribution in [0, 0.1) is 0 Å². The van der Waals surface area contributed by atoms with E-state index in [0.717, 1.165) is 23.4 Å². The van der Waals surface area contributed by atoms with Gasteiger partial charge in [0.1, 0.15) is 0 Å². The third-order valence-corrected chi connectivity index (χ3v) is 3.41. The van der Waals surface area contributed by atoms with Gasteiger partial charge in [0.2, 0.25) is 0 Å². The average molecular weight is 231 g/mol. The number of hydrogen-bond donors (Lipinski definition) is 2. The minimum Gasteiger partial charge on any atom is -0.271 e. The lowest BCUT2D eigenvalue weighted by Crippen LogP contribution is -2.46. The Kier molecular flexibility index (Phi) is 2.98. The number of nitrogens with one attached hydrogen (secondary N) is 1. The van der Waals surface area contributed by atoms with Crippen LogP contribution in [0.4, 0.5) is 0 Å². The van der Waals surface area contributed by atoms with Crippen molar-refractivity contribution in [2.24, 2.45) is 5.84 Å². The van der Waals surface area contributed by atoms with Crippen LogP contribution in [0.15, 0.2) is 18.2 Å². The van der Waals surface area contributed by atoms with Crippen LogP contribution in [0.1, 0.15) is 24.3 Å². The fraction of sp³-hybridized carbons (Fsp3) is 0.400. The van der Waals surface area contributed by atoms with Crippen molar-refractivity contribution < 1.29 is 0 Å². The van der Waals surface area contributed by atoms with Gasteiger partial charge >= 0.3 is 0 Å². The maximum atomic E-state index is 6.11. The summed E-state index contributed by atoms with van der Waals surface area (Å²) in [5, 5.41) is 1.41. The molecule has 2 unspecified atom stereocenters. The third-order valence-electron chi connectivity index (χ3n) is 2.85. The average Bonchev–Trinajstić information content (AvgIpc) is 2.08. The first kappa shape index (κ1) is 10.2. The molecule has 3 N–H and O–H groups in total. The summed E-state index contributed by atoms with van der Waals surface area (Å²) < 4.78 is 0. The highest BCUT2D eigenvalue weighted by molar-refractivity contribution is 6.35. The molecule has 0 bridgehead atoms. The van der Waals surface area contributed by atoms with Gasteiger partial charge in [0.25, 0.3) is 0 Å². The fourth-order valence-electron chi connectivity index (χ4n) is 1.87. The van der Waals surface area contributed by atoms with Crippen LogP contribution in [0.25, 0.3) is 0 Å². The lowest BCUT2D eigenvalue weighted by atomic mass is 9.75. The van der Waals surface area contributed by atoms with E-state index in [0.29, 0.717) is 17.0 Å². The molecule has 0 amide bonds. The molecule has 1 aliphatic rings. The first-order chi connectivity index (χ1) is 6.72. The molecule has 14 heavy (non-hydrogen) atoms. The van der Waals surface area contributed by atoms with Crippen molar-refractivity contribution in [1.29, 1.82) is 0 Å². The zero-order valence-corrected chi connectivity index (χ0v) is 9.15. The highest BCUT2D eigenvalue weighted by Crippen LogP contribution is 2.40. The van der Waals surface area contributed by atoms with Crippen LogP contribution in [0.5, 0.6) is 0 Å². The Bertz CT molecular complexity index is 339. The minimum atomic E-state index is 0.355. The second kappa shape index (κ2) is 4.07. The van der Waals surface area contributed by atoms with Gasteiger partial charge < -0.3 is 0 Å². The molecule has 0 radical (unpaired) electrons. The third kappa shape index (κ3) is 1.75. The van der Waals surface area contributed by atoms with Gasteiger partial charge in [-0.3, -0.25) is 11.3 Å². The highest BCUT2D eigenvalue weighted by Gasteiger charge is 2.32. The smallest absolute Gasteiger partial charge is 0.0456 e. The Balaban J connectivity index is 2.24. The zero-order valence-electron chi connectivity index (χ0n) is 7.63. The van der Waals surface area contributed by atoms with E-state index in [-0.39, 0.29) is 0 Å². The minimum absolute atomic E-state index is 0.355. The predicted octanol–water partition coefficient (Wildman–Crippen LogP) is 2.70. The van der Waals surface area contributed by atoms with Crippen molar-refractivity contribution in [3.63, 3.8) is 0 Å². The molecule has 2 nitrogen and oxygen atoms in total. The number of hydrazine groups is 1. The summed E-state index contributed by atoms with van der Waals surface area (Å²) in [6.07, 6.45) is 2.25. The van der Waals surface area contributed by atoms with Crippen molar-refractivity contribution in [2.75, 3.05) is 0 Å². The maximum Gasteiger partial charge on any atom is 0.0456 e. The Morgan fingerprint density at radius 1 is 1.29 bits per heavy atom. The van der Waals surface area contributed by atoms with Crippen LogP contribution >= 0.6 is 23.2 Å². The first-order valence-electron chi connectivity index (χ1n) is 4.63. The lowest BCUT2D eigenvalue weighted by Gasteiger charge is -2.36. The van der Waals surface area contributed by atoms with E-state index < -0.39 is 0 Å². The Morgan fingerprint density at radius 2 is 2.07 bits per heavy atom. The van der Waals surface area contributed by atoms with Gasteiger partial charge in [-0.1, -0.05) is 29.3 Å². The summed E-state index contributed by atoms with van der Waals surface area (Å²) >= 11 is 11.9. The largest absolute Gasteiger partial charge is 0.271 e. The highest BCUT2D eigenvalue weighted by atomic mass is 35.5. The van der Waals surface area contributed by atoms with E-state index in [1.54, 1.807) is 6.07 Å². The van der Waals surface area contributed by atoms with Gasteiger partial charge in [-0.2, -0.15) is 0 Å². The second-order valence-electron chi connectivity index (χ2n) is 3.62. The van der Waals surface area contributed by atoms with Crippen molar-refractivity contribution >= 4 is 23.2 Å². The molecular weight excluding hydrogens is 219 g/mol. The molecule has 0 aliphatic heterocycles. The number of rotatable bonds is 2. The molecular formula is C10H12Cl2N2. The molecule has 1 aromatic carbocycles. The molecule has 0 heterocycles. The normalized spacial score (nSPS) is 25.9. The van der Waals surface area contributed by atoms with Crippen LogP contribution < -0.4 is 11.3 Å². The summed E-state index contributed by atoms with van der Waals surface area (Å²) in [6, 6.07) is 5.99. The van der Waals surface area contributed by atoms with Gasteiger partial charge in [0, 0.05) is 22.0 Å². The van der Waals surface area contributed by atoms with Crippen molar-refractivity contribution in [3.05, 3.63) is 33.8 Å². The fourth-order valence-corrected chi connectivity index (χ4v) is 2.42. The van der Waals surface area contributed by atoms with Crippen molar-refractivity contribution in [2.45, 2.75) is 24.8 Å². The van der Waals surface area contributed by atoms with E-state index in [9.17, 15) is 0 Å². The summed E-state index contributed by atoms with van der Waals surface area (Å²) in [6.45, 7) is 0. The summed E-state index contributed by atoms with van der Waals surface area (Å²) in [5.41, 5.74) is 3.94. The van der Waals surface area contributed by atoms with E-state index in [1.807, 2.05) is 12.1 Å². The Morgan fingerprint density at radius 3 is 2.57 bits per heavy atom. The quantitative estimate of drug-likeness (QED) is 0.606. The molecule has 1 saturated carbocycles. The predicted molar refractivity (Wildman–Crippen MR) is 59.5 cm³/mol. The molecule has 1 aromatic rings.